The third-order valence-corrected chi connectivity index (χ3v) is 3.56. The summed E-state index contributed by atoms with van der Waals surface area (Å²) in [7, 11) is 1.56. The summed E-state index contributed by atoms with van der Waals surface area (Å²) in [6.45, 7) is 0. The summed E-state index contributed by atoms with van der Waals surface area (Å²) >= 11 is 6.22. The fraction of sp³-hybridized carbons (Fsp3) is 0.182. The van der Waals surface area contributed by atoms with Crippen LogP contribution in [0.25, 0.3) is 0 Å². The zero-order valence-electron chi connectivity index (χ0n) is 9.06. The van der Waals surface area contributed by atoms with Crippen molar-refractivity contribution < 1.29 is 14.9 Å². The molecule has 4 nitrogen and oxygen atoms in total. The number of benzene rings is 1. The molecule has 0 fully saturated rings. The van der Waals surface area contributed by atoms with E-state index >= 15 is 0 Å². The number of aromatic hydroxyl groups is 2. The predicted octanol–water partition coefficient (Wildman–Crippen LogP) is 2.82. The molecule has 1 aromatic carbocycles. The molecule has 90 valence electrons. The van der Waals surface area contributed by atoms with Crippen LogP contribution in [-0.4, -0.2) is 22.3 Å². The molecule has 0 aliphatic rings. The second-order valence-corrected chi connectivity index (χ2v) is 5.23. The van der Waals surface area contributed by atoms with Crippen molar-refractivity contribution in [3.63, 3.8) is 0 Å². The Morgan fingerprint density at radius 3 is 2.76 bits per heavy atom. The van der Waals surface area contributed by atoms with Crippen LogP contribution < -0.4 is 4.74 Å². The molecule has 1 aromatic heterocycles. The number of phenols is 1. The maximum atomic E-state index is 9.72. The lowest BCUT2D eigenvalue weighted by Crippen LogP contribution is -1.89. The molecule has 17 heavy (non-hydrogen) atoms. The number of thiazole rings is 1. The average molecular weight is 269 g/mol. The summed E-state index contributed by atoms with van der Waals surface area (Å²) in [5.41, 5.74) is 0.685. The van der Waals surface area contributed by atoms with E-state index in [-0.39, 0.29) is 11.6 Å². The standard InChI is InChI=1S/C11H11NO3S2/c1-15-7-2-3-8(13)6(4-7)5-9-10(14)12-11(16)17-9/h2-4,13-14H,5H2,1H3,(H,12,16). The topological polar surface area (TPSA) is 65.5 Å². The highest BCUT2D eigenvalue weighted by Gasteiger charge is 2.10. The van der Waals surface area contributed by atoms with Crippen molar-refractivity contribution in [2.24, 2.45) is 0 Å². The smallest absolute Gasteiger partial charge is 0.203 e. The van der Waals surface area contributed by atoms with E-state index in [4.69, 9.17) is 17.0 Å². The number of hydrogen-bond acceptors (Lipinski definition) is 5. The van der Waals surface area contributed by atoms with E-state index in [0.717, 1.165) is 0 Å². The number of phenolic OH excluding ortho intramolecular Hbond substituents is 1. The van der Waals surface area contributed by atoms with Crippen LogP contribution in [0.2, 0.25) is 0 Å². The Bertz CT molecular complexity index is 589. The summed E-state index contributed by atoms with van der Waals surface area (Å²) < 4.78 is 5.60. The fourth-order valence-electron chi connectivity index (χ4n) is 1.48. The van der Waals surface area contributed by atoms with E-state index in [2.05, 4.69) is 4.98 Å². The van der Waals surface area contributed by atoms with Crippen LogP contribution in [0.3, 0.4) is 0 Å². The molecular formula is C11H11NO3S2. The summed E-state index contributed by atoms with van der Waals surface area (Å²) in [6.07, 6.45) is 0.409. The van der Waals surface area contributed by atoms with Gasteiger partial charge in [0.1, 0.15) is 11.5 Å². The highest BCUT2D eigenvalue weighted by atomic mass is 32.1. The Balaban J connectivity index is 2.35. The van der Waals surface area contributed by atoms with E-state index in [0.29, 0.717) is 26.6 Å². The first-order valence-electron chi connectivity index (χ1n) is 4.87. The van der Waals surface area contributed by atoms with Crippen molar-refractivity contribution in [3.05, 3.63) is 32.6 Å². The molecule has 0 saturated heterocycles. The molecule has 2 aromatic rings. The van der Waals surface area contributed by atoms with Crippen molar-refractivity contribution in [3.8, 4) is 17.4 Å². The van der Waals surface area contributed by atoms with Crippen LogP contribution in [0, 0.1) is 3.95 Å². The molecule has 0 atom stereocenters. The van der Waals surface area contributed by atoms with Gasteiger partial charge in [0.25, 0.3) is 0 Å². The molecule has 6 heteroatoms. The van der Waals surface area contributed by atoms with Crippen LogP contribution in [0.5, 0.6) is 17.4 Å². The maximum absolute atomic E-state index is 9.72. The van der Waals surface area contributed by atoms with Gasteiger partial charge in [-0.15, -0.1) is 11.3 Å². The first-order valence-corrected chi connectivity index (χ1v) is 6.09. The zero-order valence-corrected chi connectivity index (χ0v) is 10.7. The Morgan fingerprint density at radius 1 is 1.41 bits per heavy atom. The van der Waals surface area contributed by atoms with Crippen molar-refractivity contribution >= 4 is 23.6 Å². The monoisotopic (exact) mass is 269 g/mol. The molecule has 0 amide bonds. The first kappa shape index (κ1) is 11.9. The van der Waals surface area contributed by atoms with Crippen LogP contribution in [0.15, 0.2) is 18.2 Å². The van der Waals surface area contributed by atoms with Crippen LogP contribution in [-0.2, 0) is 6.42 Å². The van der Waals surface area contributed by atoms with Crippen molar-refractivity contribution in [1.29, 1.82) is 0 Å². The third-order valence-electron chi connectivity index (χ3n) is 2.34. The van der Waals surface area contributed by atoms with Crippen molar-refractivity contribution in [2.45, 2.75) is 6.42 Å². The van der Waals surface area contributed by atoms with Gasteiger partial charge in [-0.25, -0.2) is 0 Å². The molecule has 1 heterocycles. The van der Waals surface area contributed by atoms with Gasteiger partial charge < -0.3 is 19.9 Å². The first-order chi connectivity index (χ1) is 8.10. The Kier molecular flexibility index (Phi) is 3.35. The second-order valence-electron chi connectivity index (χ2n) is 3.46. The summed E-state index contributed by atoms with van der Waals surface area (Å²) in [5.74, 6) is 0.892. The fourth-order valence-corrected chi connectivity index (χ4v) is 2.62. The van der Waals surface area contributed by atoms with Gasteiger partial charge in [0.15, 0.2) is 3.95 Å². The molecule has 0 unspecified atom stereocenters. The Hall–Kier alpha value is -1.53. The van der Waals surface area contributed by atoms with Crippen LogP contribution in [0.1, 0.15) is 10.4 Å². The van der Waals surface area contributed by atoms with Gasteiger partial charge in [-0.05, 0) is 30.4 Å². The second kappa shape index (κ2) is 4.77. The quantitative estimate of drug-likeness (QED) is 0.750. The number of aromatic amines is 1. The largest absolute Gasteiger partial charge is 0.508 e. The number of aromatic nitrogens is 1. The zero-order chi connectivity index (χ0) is 12.4. The molecular weight excluding hydrogens is 258 g/mol. The van der Waals surface area contributed by atoms with E-state index in [1.165, 1.54) is 11.3 Å². The predicted molar refractivity (Wildman–Crippen MR) is 68.6 cm³/mol. The minimum atomic E-state index is 0.0576. The highest BCUT2D eigenvalue weighted by Crippen LogP contribution is 2.30. The van der Waals surface area contributed by atoms with Gasteiger partial charge in [0.2, 0.25) is 5.88 Å². The van der Waals surface area contributed by atoms with Gasteiger partial charge in [-0.1, -0.05) is 0 Å². The molecule has 0 saturated carbocycles. The number of H-pyrrole nitrogens is 1. The third kappa shape index (κ3) is 2.59. The van der Waals surface area contributed by atoms with Crippen molar-refractivity contribution in [1.82, 2.24) is 4.98 Å². The lowest BCUT2D eigenvalue weighted by Gasteiger charge is -2.06. The maximum Gasteiger partial charge on any atom is 0.203 e. The molecule has 0 radical (unpaired) electrons. The molecule has 0 aliphatic carbocycles. The Labute approximate surface area is 107 Å². The van der Waals surface area contributed by atoms with E-state index < -0.39 is 0 Å². The van der Waals surface area contributed by atoms with E-state index in [1.807, 2.05) is 0 Å². The van der Waals surface area contributed by atoms with Gasteiger partial charge in [0, 0.05) is 12.0 Å². The van der Waals surface area contributed by atoms with Gasteiger partial charge in [-0.2, -0.15) is 0 Å². The summed E-state index contributed by atoms with van der Waals surface area (Å²) in [6, 6.07) is 4.98. The van der Waals surface area contributed by atoms with Gasteiger partial charge >= 0.3 is 0 Å². The van der Waals surface area contributed by atoms with E-state index in [9.17, 15) is 10.2 Å². The van der Waals surface area contributed by atoms with Gasteiger partial charge in [0.05, 0.1) is 12.0 Å². The summed E-state index contributed by atoms with van der Waals surface area (Å²) in [4.78, 5) is 3.34. The molecule has 0 spiro atoms. The minimum Gasteiger partial charge on any atom is -0.508 e. The lowest BCUT2D eigenvalue weighted by atomic mass is 10.1. The SMILES string of the molecule is COc1ccc(O)c(Cc2sc(=S)[nH]c2O)c1. The average Bonchev–Trinajstić information content (AvgIpc) is 2.60. The lowest BCUT2D eigenvalue weighted by molar-refractivity contribution is 0.411. The number of hydrogen-bond donors (Lipinski definition) is 3. The number of rotatable bonds is 3. The number of ether oxygens (including phenoxy) is 1. The number of nitrogens with one attached hydrogen (secondary N) is 1. The van der Waals surface area contributed by atoms with Crippen molar-refractivity contribution in [2.75, 3.05) is 7.11 Å². The minimum absolute atomic E-state index is 0.0576. The normalized spacial score (nSPS) is 10.4. The summed E-state index contributed by atoms with van der Waals surface area (Å²) in [5, 5.41) is 19.3. The Morgan fingerprint density at radius 2 is 2.18 bits per heavy atom. The van der Waals surface area contributed by atoms with E-state index in [1.54, 1.807) is 25.3 Å². The van der Waals surface area contributed by atoms with Crippen LogP contribution >= 0.6 is 23.6 Å². The molecule has 3 N–H and O–H groups in total. The highest BCUT2D eigenvalue weighted by molar-refractivity contribution is 7.73. The molecule has 0 bridgehead atoms. The van der Waals surface area contributed by atoms with Crippen LogP contribution in [0.4, 0.5) is 0 Å². The molecule has 2 rings (SSSR count). The van der Waals surface area contributed by atoms with Gasteiger partial charge in [-0.3, -0.25) is 0 Å². The number of methoxy groups -OCH3 is 1. The molecule has 0 aliphatic heterocycles.